The first-order valence-corrected chi connectivity index (χ1v) is 25.0. The Morgan fingerprint density at radius 2 is 1.57 bits per heavy atom. The minimum Gasteiger partial charge on any atom is -0.507 e. The number of aliphatic hydroxyl groups is 2. The summed E-state index contributed by atoms with van der Waals surface area (Å²) in [7, 11) is 1.41. The molecule has 0 aromatic heterocycles. The summed E-state index contributed by atoms with van der Waals surface area (Å²) < 4.78 is 40.2. The Kier molecular flexibility index (Phi) is 15.1. The number of allylic oxidation sites excluding steroid dienone is 5. The van der Waals surface area contributed by atoms with Crippen molar-refractivity contribution in [2.24, 2.45) is 34.7 Å². The minimum atomic E-state index is -2.04. The fourth-order valence-electron chi connectivity index (χ4n) is 11.1. The Balaban J connectivity index is 1.19. The second-order valence-electron chi connectivity index (χ2n) is 20.6. The summed E-state index contributed by atoms with van der Waals surface area (Å²) in [5.74, 6) is -12.7. The number of amides is 1. The molecule has 11 atom stereocenters. The fraction of sp³-hybridized carbons (Fsp3) is 0.500. The van der Waals surface area contributed by atoms with Gasteiger partial charge >= 0.3 is 11.9 Å². The van der Waals surface area contributed by atoms with E-state index in [1.807, 2.05) is 0 Å². The molecule has 2 fully saturated rings. The molecule has 5 bridgehead atoms. The van der Waals surface area contributed by atoms with E-state index in [-0.39, 0.29) is 71.8 Å². The molecule has 9 rings (SSSR count). The predicted octanol–water partition coefficient (Wildman–Crippen LogP) is 4.32. The number of carbonyl (C=O) groups is 6. The zero-order valence-electron chi connectivity index (χ0n) is 43.2. The van der Waals surface area contributed by atoms with Crippen molar-refractivity contribution in [3.05, 3.63) is 105 Å². The number of esters is 1. The number of phenolic OH excluding ortho intramolecular Hbond substituents is 1. The van der Waals surface area contributed by atoms with Gasteiger partial charge in [-0.1, -0.05) is 51.1 Å². The average Bonchev–Trinajstić information content (AvgIpc) is 4.18. The number of carboxylic acid groups (broad SMARTS) is 1. The summed E-state index contributed by atoms with van der Waals surface area (Å²) in [6.07, 6.45) is 8.76. The van der Waals surface area contributed by atoms with E-state index in [2.05, 4.69) is 10.5 Å². The van der Waals surface area contributed by atoms with E-state index in [4.69, 9.17) is 18.9 Å². The molecule has 5 heterocycles. The van der Waals surface area contributed by atoms with Crippen molar-refractivity contribution in [2.45, 2.75) is 111 Å². The molecule has 402 valence electrons. The largest absolute Gasteiger partial charge is 0.507 e. The molecule has 21 heteroatoms. The number of nitrogens with one attached hydrogen (secondary N) is 1. The van der Waals surface area contributed by atoms with Crippen molar-refractivity contribution in [3.63, 3.8) is 0 Å². The summed E-state index contributed by atoms with van der Waals surface area (Å²) in [4.78, 5) is 87.5. The number of hydrogen-bond donors (Lipinski definition) is 6. The first-order chi connectivity index (χ1) is 35.5. The molecule has 1 aromatic rings. The highest BCUT2D eigenvalue weighted by molar-refractivity contribution is 6.33. The number of fused-ring (bicyclic) bond motifs is 15. The quantitative estimate of drug-likeness (QED) is 0.100. The SMILES string of the molecule is CO[C@H]1/C=C/O[C@@]2(C)Oc3c(C)c(O)c4c(c3/C2=N\O)C(=O)C(N2CCN(C3=CC5C(C=C3F)C(=O)C(C(=O)O)=CN5C3CC3)CC2)=C(NC(=O)/C(C)=C\C=C\[C@H](C)[C@H](O)[C@@H](C)[C@@H](O)[C@@H](C)[C@H](OC(C)=O)[C@@H]1C)C4=O. The number of hydrogen-bond acceptors (Lipinski definition) is 18. The van der Waals surface area contributed by atoms with E-state index < -0.39 is 135 Å². The number of carbonyl (C=O) groups excluding carboxylic acids is 5. The third-order valence-corrected chi connectivity index (χ3v) is 15.7. The van der Waals surface area contributed by atoms with Crippen LogP contribution in [0.5, 0.6) is 11.5 Å². The lowest BCUT2D eigenvalue weighted by Gasteiger charge is -2.43. The Hall–Kier alpha value is -7.10. The third-order valence-electron chi connectivity index (χ3n) is 15.7. The van der Waals surface area contributed by atoms with Gasteiger partial charge in [0.15, 0.2) is 11.5 Å². The number of aliphatic hydroxyl groups excluding tert-OH is 2. The van der Waals surface area contributed by atoms with Gasteiger partial charge in [-0.15, -0.1) is 0 Å². The first-order valence-electron chi connectivity index (χ1n) is 25.0. The van der Waals surface area contributed by atoms with Gasteiger partial charge in [-0.05, 0) is 44.9 Å². The van der Waals surface area contributed by atoms with Gasteiger partial charge in [0.05, 0.1) is 58.9 Å². The third kappa shape index (κ3) is 9.76. The van der Waals surface area contributed by atoms with Gasteiger partial charge in [-0.25, -0.2) is 9.18 Å². The van der Waals surface area contributed by atoms with E-state index in [0.29, 0.717) is 0 Å². The lowest BCUT2D eigenvalue weighted by atomic mass is 9.78. The van der Waals surface area contributed by atoms with Crippen LogP contribution < -0.4 is 10.1 Å². The summed E-state index contributed by atoms with van der Waals surface area (Å²) in [6.45, 7) is 12.3. The molecule has 20 nitrogen and oxygen atoms in total. The molecule has 6 N–H and O–H groups in total. The number of nitrogens with zero attached hydrogens (tertiary/aromatic N) is 4. The normalized spacial score (nSPS) is 33.8. The number of ketones is 3. The molecule has 8 aliphatic rings. The molecule has 0 spiro atoms. The monoisotopic (exact) mass is 1040 g/mol. The molecule has 2 unspecified atom stereocenters. The maximum Gasteiger partial charge on any atom is 0.340 e. The number of ether oxygens (including phenoxy) is 4. The van der Waals surface area contributed by atoms with Gasteiger partial charge in [0.25, 0.3) is 11.7 Å². The number of halogens is 1. The smallest absolute Gasteiger partial charge is 0.340 e. The van der Waals surface area contributed by atoms with Crippen LogP contribution in [0.4, 0.5) is 4.39 Å². The number of aromatic hydroxyl groups is 1. The molecule has 5 aliphatic heterocycles. The second-order valence-corrected chi connectivity index (χ2v) is 20.6. The van der Waals surface area contributed by atoms with Crippen LogP contribution in [0.15, 0.2) is 88.1 Å². The Labute approximate surface area is 432 Å². The van der Waals surface area contributed by atoms with Gasteiger partial charge in [0.2, 0.25) is 11.6 Å². The second kappa shape index (κ2) is 20.9. The predicted molar refractivity (Wildman–Crippen MR) is 265 cm³/mol. The van der Waals surface area contributed by atoms with Gasteiger partial charge < -0.3 is 64.6 Å². The number of methoxy groups -OCH3 is 1. The highest BCUT2D eigenvalue weighted by Gasteiger charge is 2.53. The van der Waals surface area contributed by atoms with Crippen LogP contribution in [0.25, 0.3) is 0 Å². The topological polar surface area (TPSA) is 275 Å². The molecule has 1 amide bonds. The number of carboxylic acids is 1. The van der Waals surface area contributed by atoms with Crippen molar-refractivity contribution in [1.82, 2.24) is 20.0 Å². The van der Waals surface area contributed by atoms with Gasteiger partial charge in [-0.2, -0.15) is 0 Å². The number of benzene rings is 1. The maximum absolute atomic E-state index is 16.2. The molecule has 1 saturated heterocycles. The Bertz CT molecular complexity index is 2850. The lowest BCUT2D eigenvalue weighted by molar-refractivity contribution is -0.160. The molecule has 1 aromatic carbocycles. The molecular weight excluding hydrogens is 978 g/mol. The molecule has 3 aliphatic carbocycles. The van der Waals surface area contributed by atoms with Crippen LogP contribution in [0.3, 0.4) is 0 Å². The van der Waals surface area contributed by atoms with Crippen molar-refractivity contribution in [3.8, 4) is 11.5 Å². The van der Waals surface area contributed by atoms with Crippen molar-refractivity contribution in [1.29, 1.82) is 0 Å². The van der Waals surface area contributed by atoms with Gasteiger partial charge in [0.1, 0.15) is 40.4 Å². The van der Waals surface area contributed by atoms with E-state index in [1.54, 1.807) is 54.5 Å². The number of piperazine rings is 1. The zero-order chi connectivity index (χ0) is 54.7. The number of aliphatic carboxylic acids is 1. The van der Waals surface area contributed by atoms with Crippen LogP contribution in [-0.4, -0.2) is 157 Å². The van der Waals surface area contributed by atoms with Crippen molar-refractivity contribution in [2.75, 3.05) is 33.3 Å². The number of oxime groups is 1. The average molecular weight is 1040 g/mol. The van der Waals surface area contributed by atoms with Crippen LogP contribution in [0.2, 0.25) is 0 Å². The van der Waals surface area contributed by atoms with Crippen LogP contribution in [0.1, 0.15) is 93.2 Å². The minimum absolute atomic E-state index is 0.0210. The fourth-order valence-corrected chi connectivity index (χ4v) is 11.1. The van der Waals surface area contributed by atoms with Gasteiger partial charge in [-0.3, -0.25) is 24.0 Å². The van der Waals surface area contributed by atoms with Crippen LogP contribution >= 0.6 is 0 Å². The summed E-state index contributed by atoms with van der Waals surface area (Å²) >= 11 is 0. The van der Waals surface area contributed by atoms with E-state index in [9.17, 15) is 44.8 Å². The number of rotatable bonds is 6. The Morgan fingerprint density at radius 3 is 2.19 bits per heavy atom. The highest BCUT2D eigenvalue weighted by Crippen LogP contribution is 2.50. The molecule has 75 heavy (non-hydrogen) atoms. The standard InChI is InChI=1S/C54H64FN5O15/c1-24-11-10-12-25(2)52(68)56-41-42(59-18-16-58(17-19-59)36-22-35-32(21-34(36)55)46(65)33(53(69)70)23-60(35)31-13-14-31)48(67)38-39(47(41)66)45(64)29(6)50-40(38)51(57-71)54(8,75-50)73-20-15-37(72-9)26(3)49(74-30(7)61)28(5)44(63)27(4)43(24)62/h10-12,15,20-24,26-28,31-32,35,37,43-44,49,62-64,71H,13-14,16-19H2,1-9H3,(H,56,68)(H,69,70)/b11-10+,20-15+,25-12-,57-51+/t24-,26+,27+,28+,32?,35?,37-,43-,44+,49+,54-/m0/s1. The Morgan fingerprint density at radius 1 is 0.907 bits per heavy atom. The van der Waals surface area contributed by atoms with E-state index in [1.165, 1.54) is 65.5 Å². The van der Waals surface area contributed by atoms with Crippen LogP contribution in [-0.2, 0) is 33.4 Å². The molecule has 0 radical (unpaired) electrons. The highest BCUT2D eigenvalue weighted by atomic mass is 19.1. The summed E-state index contributed by atoms with van der Waals surface area (Å²) in [5, 5.41) is 61.7. The maximum atomic E-state index is 16.2. The number of phenols is 1. The summed E-state index contributed by atoms with van der Waals surface area (Å²) in [5.41, 5.74) is -2.45. The number of Topliss-reactive ketones (excluding diaryl/α,β-unsaturated/α-hetero) is 3. The van der Waals surface area contributed by atoms with Crippen LogP contribution in [0, 0.1) is 36.5 Å². The van der Waals surface area contributed by atoms with Gasteiger partial charge in [0, 0.05) is 94.2 Å². The first kappa shape index (κ1) is 54.2. The molecular formula is C54H64FN5O15. The van der Waals surface area contributed by atoms with Crippen molar-refractivity contribution < 1.29 is 77.7 Å². The van der Waals surface area contributed by atoms with E-state index >= 15 is 14.0 Å². The summed E-state index contributed by atoms with van der Waals surface area (Å²) in [6, 6.07) is -0.672. The molecule has 1 saturated carbocycles. The lowest BCUT2D eigenvalue weighted by Crippen LogP contribution is -2.51. The zero-order valence-corrected chi connectivity index (χ0v) is 43.2. The van der Waals surface area contributed by atoms with Crippen molar-refractivity contribution >= 4 is 40.9 Å². The van der Waals surface area contributed by atoms with E-state index in [0.717, 1.165) is 18.9 Å².